The van der Waals surface area contributed by atoms with Gasteiger partial charge in [0.25, 0.3) is 5.91 Å². The number of hydrogen-bond acceptors (Lipinski definition) is 4. The molecule has 0 aliphatic carbocycles. The summed E-state index contributed by atoms with van der Waals surface area (Å²) in [4.78, 5) is 14.9. The first-order chi connectivity index (χ1) is 12.2. The molecule has 0 saturated carbocycles. The molecule has 1 aliphatic heterocycles. The number of rotatable bonds is 6. The number of anilines is 1. The van der Waals surface area contributed by atoms with Gasteiger partial charge in [-0.15, -0.1) is 0 Å². The second-order valence-corrected chi connectivity index (χ2v) is 6.08. The predicted octanol–water partition coefficient (Wildman–Crippen LogP) is 3.23. The zero-order valence-electron chi connectivity index (χ0n) is 14.7. The lowest BCUT2D eigenvalue weighted by Crippen LogP contribution is -2.23. The van der Waals surface area contributed by atoms with Crippen molar-refractivity contribution >= 4 is 11.6 Å². The molecule has 5 nitrogen and oxygen atoms in total. The molecular formula is C20H24N2O3. The van der Waals surface area contributed by atoms with E-state index in [-0.39, 0.29) is 5.91 Å². The molecule has 2 aromatic rings. The van der Waals surface area contributed by atoms with Crippen LogP contribution in [0.2, 0.25) is 0 Å². The van der Waals surface area contributed by atoms with Crippen LogP contribution in [0.5, 0.6) is 11.5 Å². The fraction of sp³-hybridized carbons (Fsp3) is 0.350. The second-order valence-electron chi connectivity index (χ2n) is 6.08. The Bertz CT molecular complexity index is 722. The topological polar surface area (TPSA) is 50.8 Å². The van der Waals surface area contributed by atoms with Crippen LogP contribution >= 0.6 is 0 Å². The molecule has 25 heavy (non-hydrogen) atoms. The number of hydrogen-bond donors (Lipinski definition) is 1. The molecule has 1 saturated heterocycles. The molecule has 0 bridgehead atoms. The van der Waals surface area contributed by atoms with Gasteiger partial charge in [-0.2, -0.15) is 0 Å². The molecule has 1 amide bonds. The van der Waals surface area contributed by atoms with E-state index in [1.807, 2.05) is 0 Å². The largest absolute Gasteiger partial charge is 0.493 e. The van der Waals surface area contributed by atoms with Gasteiger partial charge in [0.1, 0.15) is 0 Å². The second kappa shape index (κ2) is 7.92. The minimum absolute atomic E-state index is 0.181. The Kier molecular flexibility index (Phi) is 5.43. The number of carbonyl (C=O) groups is 1. The third kappa shape index (κ3) is 3.87. The van der Waals surface area contributed by atoms with Crippen molar-refractivity contribution in [1.29, 1.82) is 0 Å². The van der Waals surface area contributed by atoms with Crippen molar-refractivity contribution < 1.29 is 14.3 Å². The van der Waals surface area contributed by atoms with Gasteiger partial charge in [-0.25, -0.2) is 0 Å². The summed E-state index contributed by atoms with van der Waals surface area (Å²) >= 11 is 0. The molecule has 0 aromatic heterocycles. The smallest absolute Gasteiger partial charge is 0.255 e. The molecule has 1 aliphatic rings. The summed E-state index contributed by atoms with van der Waals surface area (Å²) in [6.45, 7) is 2.73. The number of methoxy groups -OCH3 is 2. The number of benzene rings is 2. The molecule has 0 radical (unpaired) electrons. The molecule has 1 N–H and O–H groups in total. The SMILES string of the molecule is COc1cccc(C(=O)NCc2ccc(N3CCCC3)cc2)c1OC. The van der Waals surface area contributed by atoms with E-state index in [2.05, 4.69) is 34.5 Å². The van der Waals surface area contributed by atoms with Crippen molar-refractivity contribution in [3.8, 4) is 11.5 Å². The molecule has 5 heteroatoms. The Balaban J connectivity index is 1.64. The van der Waals surface area contributed by atoms with E-state index in [0.29, 0.717) is 23.6 Å². The van der Waals surface area contributed by atoms with Gasteiger partial charge in [-0.1, -0.05) is 18.2 Å². The normalized spacial score (nSPS) is 13.6. The van der Waals surface area contributed by atoms with Crippen LogP contribution in [-0.2, 0) is 6.54 Å². The van der Waals surface area contributed by atoms with E-state index in [1.165, 1.54) is 25.6 Å². The zero-order chi connectivity index (χ0) is 17.6. The first kappa shape index (κ1) is 17.1. The summed E-state index contributed by atoms with van der Waals surface area (Å²) in [5.74, 6) is 0.816. The molecule has 0 unspecified atom stereocenters. The van der Waals surface area contributed by atoms with E-state index < -0.39 is 0 Å². The van der Waals surface area contributed by atoms with Gasteiger partial charge < -0.3 is 19.7 Å². The Hall–Kier alpha value is -2.69. The average Bonchev–Trinajstić information content (AvgIpc) is 3.20. The number of nitrogens with one attached hydrogen (secondary N) is 1. The van der Waals surface area contributed by atoms with Crippen molar-refractivity contribution in [2.75, 3.05) is 32.2 Å². The van der Waals surface area contributed by atoms with Crippen molar-refractivity contribution in [2.24, 2.45) is 0 Å². The maximum absolute atomic E-state index is 12.5. The highest BCUT2D eigenvalue weighted by Gasteiger charge is 2.16. The van der Waals surface area contributed by atoms with Crippen LogP contribution in [0.15, 0.2) is 42.5 Å². The van der Waals surface area contributed by atoms with Gasteiger partial charge in [-0.3, -0.25) is 4.79 Å². The monoisotopic (exact) mass is 340 g/mol. The standard InChI is InChI=1S/C20H24N2O3/c1-24-18-7-5-6-17(19(18)25-2)20(23)21-14-15-8-10-16(11-9-15)22-12-3-4-13-22/h5-11H,3-4,12-14H2,1-2H3,(H,21,23). The van der Waals surface area contributed by atoms with Gasteiger partial charge in [-0.05, 0) is 42.7 Å². The maximum atomic E-state index is 12.5. The van der Waals surface area contributed by atoms with Gasteiger partial charge in [0, 0.05) is 25.3 Å². The van der Waals surface area contributed by atoms with Crippen LogP contribution < -0.4 is 19.7 Å². The summed E-state index contributed by atoms with van der Waals surface area (Å²) in [5.41, 5.74) is 2.79. The lowest BCUT2D eigenvalue weighted by molar-refractivity contribution is 0.0947. The van der Waals surface area contributed by atoms with Gasteiger partial charge in [0.2, 0.25) is 0 Å². The quantitative estimate of drug-likeness (QED) is 0.877. The van der Waals surface area contributed by atoms with E-state index in [0.717, 1.165) is 18.7 Å². The third-order valence-electron chi connectivity index (χ3n) is 4.51. The van der Waals surface area contributed by atoms with E-state index in [9.17, 15) is 4.79 Å². The molecule has 0 spiro atoms. The summed E-state index contributed by atoms with van der Waals surface area (Å²) in [6, 6.07) is 13.7. The zero-order valence-corrected chi connectivity index (χ0v) is 14.7. The number of ether oxygens (including phenoxy) is 2. The van der Waals surface area contributed by atoms with Crippen LogP contribution in [0.25, 0.3) is 0 Å². The number of nitrogens with zero attached hydrogens (tertiary/aromatic N) is 1. The number of para-hydroxylation sites is 1. The Morgan fingerprint density at radius 1 is 1.04 bits per heavy atom. The predicted molar refractivity (Wildman–Crippen MR) is 98.6 cm³/mol. The molecule has 0 atom stereocenters. The fourth-order valence-electron chi connectivity index (χ4n) is 3.14. The first-order valence-corrected chi connectivity index (χ1v) is 8.56. The molecule has 3 rings (SSSR count). The Morgan fingerprint density at radius 2 is 1.76 bits per heavy atom. The third-order valence-corrected chi connectivity index (χ3v) is 4.51. The molecule has 2 aromatic carbocycles. The molecule has 132 valence electrons. The van der Waals surface area contributed by atoms with E-state index >= 15 is 0 Å². The Labute approximate surface area is 148 Å². The number of amides is 1. The van der Waals surface area contributed by atoms with Crippen molar-refractivity contribution in [1.82, 2.24) is 5.32 Å². The van der Waals surface area contributed by atoms with Crippen LogP contribution in [-0.4, -0.2) is 33.2 Å². The molecule has 1 fully saturated rings. The van der Waals surface area contributed by atoms with Crippen molar-refractivity contribution in [3.63, 3.8) is 0 Å². The van der Waals surface area contributed by atoms with Gasteiger partial charge in [0.15, 0.2) is 11.5 Å². The Morgan fingerprint density at radius 3 is 2.40 bits per heavy atom. The van der Waals surface area contributed by atoms with Crippen LogP contribution in [0, 0.1) is 0 Å². The lowest BCUT2D eigenvalue weighted by Gasteiger charge is -2.18. The molecular weight excluding hydrogens is 316 g/mol. The average molecular weight is 340 g/mol. The first-order valence-electron chi connectivity index (χ1n) is 8.56. The van der Waals surface area contributed by atoms with Crippen molar-refractivity contribution in [3.05, 3.63) is 53.6 Å². The van der Waals surface area contributed by atoms with Crippen LogP contribution in [0.3, 0.4) is 0 Å². The highest BCUT2D eigenvalue weighted by atomic mass is 16.5. The fourth-order valence-corrected chi connectivity index (χ4v) is 3.14. The number of carbonyl (C=O) groups excluding carboxylic acids is 1. The lowest BCUT2D eigenvalue weighted by atomic mass is 10.1. The highest BCUT2D eigenvalue weighted by Crippen LogP contribution is 2.30. The van der Waals surface area contributed by atoms with E-state index in [4.69, 9.17) is 9.47 Å². The summed E-state index contributed by atoms with van der Waals surface area (Å²) in [5, 5.41) is 2.94. The summed E-state index contributed by atoms with van der Waals surface area (Å²) in [7, 11) is 3.09. The van der Waals surface area contributed by atoms with Crippen molar-refractivity contribution in [2.45, 2.75) is 19.4 Å². The van der Waals surface area contributed by atoms with Gasteiger partial charge in [0.05, 0.1) is 19.8 Å². The van der Waals surface area contributed by atoms with Crippen LogP contribution in [0.1, 0.15) is 28.8 Å². The summed E-state index contributed by atoms with van der Waals surface area (Å²) in [6.07, 6.45) is 2.53. The summed E-state index contributed by atoms with van der Waals surface area (Å²) < 4.78 is 10.6. The minimum Gasteiger partial charge on any atom is -0.493 e. The maximum Gasteiger partial charge on any atom is 0.255 e. The van der Waals surface area contributed by atoms with Gasteiger partial charge >= 0.3 is 0 Å². The highest BCUT2D eigenvalue weighted by molar-refractivity contribution is 5.97. The molecule has 1 heterocycles. The minimum atomic E-state index is -0.181. The van der Waals surface area contributed by atoms with E-state index in [1.54, 1.807) is 25.3 Å². The van der Waals surface area contributed by atoms with Crippen LogP contribution in [0.4, 0.5) is 5.69 Å².